The molecule has 2 aromatic rings. The summed E-state index contributed by atoms with van der Waals surface area (Å²) in [4.78, 5) is 4.25. The number of pyridine rings is 1. The highest BCUT2D eigenvalue weighted by molar-refractivity contribution is 5.59. The lowest BCUT2D eigenvalue weighted by Crippen LogP contribution is -1.86. The Morgan fingerprint density at radius 3 is 2.44 bits per heavy atom. The van der Waals surface area contributed by atoms with E-state index in [-0.39, 0.29) is 12.2 Å². The van der Waals surface area contributed by atoms with Crippen molar-refractivity contribution in [1.82, 2.24) is 4.98 Å². The van der Waals surface area contributed by atoms with E-state index >= 15 is 0 Å². The fraction of sp³-hybridized carbons (Fsp3) is 0.0714. The molecule has 0 unspecified atom stereocenters. The number of aromatic nitrogens is 1. The van der Waals surface area contributed by atoms with Gasteiger partial charge in [-0.1, -0.05) is 36.9 Å². The van der Waals surface area contributed by atoms with Gasteiger partial charge in [0.1, 0.15) is 0 Å². The molecule has 0 aliphatic carbocycles. The van der Waals surface area contributed by atoms with Crippen LogP contribution < -0.4 is 0 Å². The highest BCUT2D eigenvalue weighted by atomic mass is 19.1. The van der Waals surface area contributed by atoms with Gasteiger partial charge < -0.3 is 0 Å². The highest BCUT2D eigenvalue weighted by Crippen LogP contribution is 2.18. The monoisotopic (exact) mass is 213 g/mol. The van der Waals surface area contributed by atoms with Crippen molar-refractivity contribution < 1.29 is 4.39 Å². The quantitative estimate of drug-likeness (QED) is 0.756. The molecule has 0 bridgehead atoms. The van der Waals surface area contributed by atoms with E-state index in [4.69, 9.17) is 0 Å². The zero-order chi connectivity index (χ0) is 11.4. The minimum atomic E-state index is -0.314. The molecular formula is C14H12FN. The number of rotatable bonds is 3. The minimum absolute atomic E-state index is 0.280. The van der Waals surface area contributed by atoms with E-state index < -0.39 is 0 Å². The molecule has 1 heterocycles. The van der Waals surface area contributed by atoms with Gasteiger partial charge in [0.15, 0.2) is 0 Å². The lowest BCUT2D eigenvalue weighted by atomic mass is 10.1. The summed E-state index contributed by atoms with van der Waals surface area (Å²) in [6.45, 7) is 3.25. The van der Waals surface area contributed by atoms with E-state index in [0.29, 0.717) is 0 Å². The van der Waals surface area contributed by atoms with E-state index in [1.54, 1.807) is 6.20 Å². The Bertz CT molecular complexity index is 474. The second-order valence-electron chi connectivity index (χ2n) is 3.61. The first-order chi connectivity index (χ1) is 7.75. The van der Waals surface area contributed by atoms with E-state index in [2.05, 4.69) is 11.6 Å². The maximum absolute atomic E-state index is 12.6. The highest BCUT2D eigenvalue weighted by Gasteiger charge is 1.99. The number of halogens is 1. The van der Waals surface area contributed by atoms with Crippen molar-refractivity contribution >= 4 is 0 Å². The van der Waals surface area contributed by atoms with Crippen LogP contribution in [0.15, 0.2) is 61.1 Å². The van der Waals surface area contributed by atoms with Gasteiger partial charge in [0, 0.05) is 18.2 Å². The molecule has 0 spiro atoms. The van der Waals surface area contributed by atoms with Crippen LogP contribution in [-0.4, -0.2) is 4.98 Å². The molecule has 0 saturated heterocycles. The maximum Gasteiger partial charge on any atom is 0.0971 e. The summed E-state index contributed by atoms with van der Waals surface area (Å²) < 4.78 is 12.6. The largest absolute Gasteiger partial charge is 0.256 e. The summed E-state index contributed by atoms with van der Waals surface area (Å²) in [6, 6.07) is 13.5. The average Bonchev–Trinajstić information content (AvgIpc) is 2.30. The van der Waals surface area contributed by atoms with E-state index in [1.807, 2.05) is 42.5 Å². The zero-order valence-corrected chi connectivity index (χ0v) is 8.86. The zero-order valence-electron chi connectivity index (χ0n) is 8.86. The molecule has 0 fully saturated rings. The van der Waals surface area contributed by atoms with Gasteiger partial charge in [-0.15, -0.1) is 0 Å². The van der Waals surface area contributed by atoms with Crippen LogP contribution in [0.1, 0.15) is 5.56 Å². The van der Waals surface area contributed by atoms with Crippen molar-refractivity contribution in [3.63, 3.8) is 0 Å². The first-order valence-corrected chi connectivity index (χ1v) is 5.09. The van der Waals surface area contributed by atoms with Crippen LogP contribution in [-0.2, 0) is 6.42 Å². The molecule has 2 heteroatoms. The van der Waals surface area contributed by atoms with Crippen molar-refractivity contribution in [2.24, 2.45) is 0 Å². The topological polar surface area (TPSA) is 12.9 Å². The molecule has 0 atom stereocenters. The molecule has 1 aromatic carbocycles. The molecule has 0 amide bonds. The van der Waals surface area contributed by atoms with Gasteiger partial charge >= 0.3 is 0 Å². The van der Waals surface area contributed by atoms with Crippen molar-refractivity contribution in [2.45, 2.75) is 6.42 Å². The van der Waals surface area contributed by atoms with Crippen molar-refractivity contribution in [2.75, 3.05) is 0 Å². The fourth-order valence-corrected chi connectivity index (χ4v) is 1.55. The lowest BCUT2D eigenvalue weighted by molar-refractivity contribution is 0.617. The molecule has 0 saturated carbocycles. The molecule has 1 nitrogen and oxygen atoms in total. The molecule has 1 aromatic heterocycles. The molecule has 16 heavy (non-hydrogen) atoms. The summed E-state index contributed by atoms with van der Waals surface area (Å²) in [5.41, 5.74) is 2.88. The lowest BCUT2D eigenvalue weighted by Gasteiger charge is -2.02. The molecule has 2 rings (SSSR count). The van der Waals surface area contributed by atoms with Gasteiger partial charge in [-0.3, -0.25) is 4.98 Å². The Labute approximate surface area is 94.3 Å². The Morgan fingerprint density at radius 2 is 1.88 bits per heavy atom. The number of allylic oxidation sites excluding steroid dienone is 1. The van der Waals surface area contributed by atoms with Crippen LogP contribution in [0.25, 0.3) is 11.3 Å². The number of hydrogen-bond donors (Lipinski definition) is 0. The summed E-state index contributed by atoms with van der Waals surface area (Å²) in [5, 5.41) is 0. The molecule has 80 valence electrons. The van der Waals surface area contributed by atoms with Crippen LogP contribution in [0.5, 0.6) is 0 Å². The molecule has 0 aliphatic rings. The molecule has 0 aliphatic heterocycles. The maximum atomic E-state index is 12.6. The Kier molecular flexibility index (Phi) is 3.10. The number of benzene rings is 1. The third-order valence-electron chi connectivity index (χ3n) is 2.31. The van der Waals surface area contributed by atoms with Crippen LogP contribution in [0.3, 0.4) is 0 Å². The van der Waals surface area contributed by atoms with E-state index in [1.165, 1.54) is 0 Å². The number of nitrogens with zero attached hydrogens (tertiary/aromatic N) is 1. The molecule has 0 radical (unpaired) electrons. The number of hydrogen-bond acceptors (Lipinski definition) is 1. The van der Waals surface area contributed by atoms with Crippen LogP contribution in [0.4, 0.5) is 4.39 Å². The predicted octanol–water partition coefficient (Wildman–Crippen LogP) is 3.77. The molecular weight excluding hydrogens is 201 g/mol. The van der Waals surface area contributed by atoms with Crippen molar-refractivity contribution in [1.29, 1.82) is 0 Å². The van der Waals surface area contributed by atoms with Crippen molar-refractivity contribution in [3.8, 4) is 11.3 Å². The van der Waals surface area contributed by atoms with Crippen LogP contribution in [0, 0.1) is 0 Å². The Morgan fingerprint density at radius 1 is 1.12 bits per heavy atom. The van der Waals surface area contributed by atoms with Gasteiger partial charge in [0.2, 0.25) is 0 Å². The minimum Gasteiger partial charge on any atom is -0.256 e. The van der Waals surface area contributed by atoms with Gasteiger partial charge in [0.05, 0.1) is 11.5 Å². The molecule has 0 N–H and O–H groups in total. The van der Waals surface area contributed by atoms with E-state index in [9.17, 15) is 4.39 Å². The third kappa shape index (κ3) is 2.54. The third-order valence-corrected chi connectivity index (χ3v) is 2.31. The first-order valence-electron chi connectivity index (χ1n) is 5.09. The van der Waals surface area contributed by atoms with Gasteiger partial charge in [-0.2, -0.15) is 0 Å². The fourth-order valence-electron chi connectivity index (χ4n) is 1.55. The Balaban J connectivity index is 2.23. The van der Waals surface area contributed by atoms with Crippen molar-refractivity contribution in [3.05, 3.63) is 66.6 Å². The summed E-state index contributed by atoms with van der Waals surface area (Å²) in [5.74, 6) is -0.314. The second-order valence-corrected chi connectivity index (χ2v) is 3.61. The summed E-state index contributed by atoms with van der Waals surface area (Å²) in [7, 11) is 0. The first kappa shape index (κ1) is 10.6. The standard InChI is InChI=1S/C14H12FN/c1-11(15)10-12-5-7-13(8-6-12)14-4-2-3-9-16-14/h2-9H,1,10H2. The van der Waals surface area contributed by atoms with Crippen LogP contribution in [0.2, 0.25) is 0 Å². The predicted molar refractivity (Wildman–Crippen MR) is 63.6 cm³/mol. The summed E-state index contributed by atoms with van der Waals surface area (Å²) in [6.07, 6.45) is 2.04. The van der Waals surface area contributed by atoms with Gasteiger partial charge in [-0.25, -0.2) is 4.39 Å². The van der Waals surface area contributed by atoms with Crippen LogP contribution >= 0.6 is 0 Å². The van der Waals surface area contributed by atoms with Gasteiger partial charge in [0.25, 0.3) is 0 Å². The normalized spacial score (nSPS) is 10.1. The van der Waals surface area contributed by atoms with Gasteiger partial charge in [-0.05, 0) is 17.7 Å². The van der Waals surface area contributed by atoms with E-state index in [0.717, 1.165) is 16.8 Å². The Hall–Kier alpha value is -1.96. The average molecular weight is 213 g/mol. The smallest absolute Gasteiger partial charge is 0.0971 e. The summed E-state index contributed by atoms with van der Waals surface area (Å²) >= 11 is 0. The SMILES string of the molecule is C=C(F)Cc1ccc(-c2ccccn2)cc1. The second kappa shape index (κ2) is 4.71.